The molecule has 0 aromatic rings. The van der Waals surface area contributed by atoms with Gasteiger partial charge in [-0.2, -0.15) is 11.8 Å². The standard InChI is InChI=1S/C18H28S/c1-3-5-6-19-16-10-13-9-15(16)18-12-7-11(4-2)14(8-12)17(13)18/h4,11-18H,2-3,5-10H2,1H3/t11-,12+,13-,14+,15+,16+,17?,18?/m1/s1. The Bertz CT molecular complexity index is 363. The van der Waals surface area contributed by atoms with E-state index < -0.39 is 0 Å². The number of rotatable bonds is 5. The quantitative estimate of drug-likeness (QED) is 0.387. The van der Waals surface area contributed by atoms with Crippen molar-refractivity contribution in [2.75, 3.05) is 5.75 Å². The zero-order valence-corrected chi connectivity index (χ0v) is 13.1. The summed E-state index contributed by atoms with van der Waals surface area (Å²) < 4.78 is 0. The Hall–Kier alpha value is 0.0900. The van der Waals surface area contributed by atoms with Crippen LogP contribution in [0.2, 0.25) is 0 Å². The van der Waals surface area contributed by atoms with Gasteiger partial charge in [-0.3, -0.25) is 0 Å². The van der Waals surface area contributed by atoms with E-state index in [-0.39, 0.29) is 0 Å². The number of unbranched alkanes of at least 4 members (excludes halogenated alkanes) is 1. The normalized spacial score (nSPS) is 53.7. The Morgan fingerprint density at radius 1 is 1.05 bits per heavy atom. The van der Waals surface area contributed by atoms with Gasteiger partial charge in [0, 0.05) is 5.25 Å². The van der Waals surface area contributed by atoms with Crippen LogP contribution in [0.15, 0.2) is 12.7 Å². The van der Waals surface area contributed by atoms with Crippen LogP contribution < -0.4 is 0 Å². The van der Waals surface area contributed by atoms with Crippen molar-refractivity contribution in [1.29, 1.82) is 0 Å². The first kappa shape index (κ1) is 12.8. The van der Waals surface area contributed by atoms with Crippen LogP contribution in [0.25, 0.3) is 0 Å². The molecule has 0 nitrogen and oxygen atoms in total. The fraction of sp³-hybridized carbons (Fsp3) is 0.889. The van der Waals surface area contributed by atoms with Crippen molar-refractivity contribution in [3.63, 3.8) is 0 Å². The summed E-state index contributed by atoms with van der Waals surface area (Å²) in [5.41, 5.74) is 0. The van der Waals surface area contributed by atoms with E-state index in [4.69, 9.17) is 0 Å². The molecule has 4 rings (SSSR count). The lowest BCUT2D eigenvalue weighted by atomic mass is 9.67. The molecular formula is C18H28S. The highest BCUT2D eigenvalue weighted by Gasteiger charge is 2.63. The van der Waals surface area contributed by atoms with Gasteiger partial charge in [0.05, 0.1) is 0 Å². The molecule has 0 radical (unpaired) electrons. The minimum absolute atomic E-state index is 0.886. The molecule has 1 heteroatoms. The largest absolute Gasteiger partial charge is 0.158 e. The SMILES string of the molecule is C=C[C@@H]1C[C@H]2C[C@@H]1C1C2[C@H]2C[C@@H]1C[C@@H]2SCCCC. The third-order valence-corrected chi connectivity index (χ3v) is 8.44. The number of allylic oxidation sites excluding steroid dienone is 1. The monoisotopic (exact) mass is 276 g/mol. The van der Waals surface area contributed by atoms with Crippen molar-refractivity contribution < 1.29 is 0 Å². The van der Waals surface area contributed by atoms with Crippen LogP contribution in [0.1, 0.15) is 45.4 Å². The molecule has 0 spiro atoms. The molecular weight excluding hydrogens is 248 g/mol. The van der Waals surface area contributed by atoms with E-state index in [0.29, 0.717) is 0 Å². The first-order valence-electron chi connectivity index (χ1n) is 8.57. The summed E-state index contributed by atoms with van der Waals surface area (Å²) in [5.74, 6) is 8.91. The molecule has 4 bridgehead atoms. The maximum atomic E-state index is 4.10. The number of thioether (sulfide) groups is 1. The average Bonchev–Trinajstić information content (AvgIpc) is 3.15. The van der Waals surface area contributed by atoms with Crippen LogP contribution in [0, 0.1) is 41.4 Å². The average molecular weight is 276 g/mol. The molecule has 0 amide bonds. The Kier molecular flexibility index (Phi) is 3.25. The highest BCUT2D eigenvalue weighted by molar-refractivity contribution is 7.99. The lowest BCUT2D eigenvalue weighted by Crippen LogP contribution is -2.36. The van der Waals surface area contributed by atoms with Crippen molar-refractivity contribution in [2.24, 2.45) is 41.4 Å². The molecule has 106 valence electrons. The van der Waals surface area contributed by atoms with E-state index >= 15 is 0 Å². The van der Waals surface area contributed by atoms with Crippen LogP contribution in [0.5, 0.6) is 0 Å². The van der Waals surface area contributed by atoms with Crippen molar-refractivity contribution in [2.45, 2.75) is 50.7 Å². The highest BCUT2D eigenvalue weighted by atomic mass is 32.2. The molecule has 0 aromatic carbocycles. The molecule has 0 saturated heterocycles. The summed E-state index contributed by atoms with van der Waals surface area (Å²) in [5, 5.41) is 1.04. The van der Waals surface area contributed by atoms with E-state index in [9.17, 15) is 0 Å². The van der Waals surface area contributed by atoms with Crippen LogP contribution in [0.3, 0.4) is 0 Å². The molecule has 0 N–H and O–H groups in total. The van der Waals surface area contributed by atoms with Crippen LogP contribution in [-0.2, 0) is 0 Å². The van der Waals surface area contributed by atoms with Gasteiger partial charge >= 0.3 is 0 Å². The maximum Gasteiger partial charge on any atom is 0.00810 e. The number of hydrogen-bond donors (Lipinski definition) is 0. The molecule has 4 aliphatic carbocycles. The summed E-state index contributed by atoms with van der Waals surface area (Å²) in [6.07, 6.45) is 11.3. The van der Waals surface area contributed by atoms with Gasteiger partial charge in [-0.05, 0) is 79.3 Å². The molecule has 0 aliphatic heterocycles. The number of fused-ring (bicyclic) bond motifs is 9. The van der Waals surface area contributed by atoms with Gasteiger partial charge in [-0.25, -0.2) is 0 Å². The smallest absolute Gasteiger partial charge is 0.00810 e. The second-order valence-electron chi connectivity index (χ2n) is 7.61. The summed E-state index contributed by atoms with van der Waals surface area (Å²) in [7, 11) is 0. The summed E-state index contributed by atoms with van der Waals surface area (Å²) in [6, 6.07) is 0. The van der Waals surface area contributed by atoms with Gasteiger partial charge in [-0.1, -0.05) is 19.4 Å². The lowest BCUT2D eigenvalue weighted by Gasteiger charge is -2.40. The zero-order chi connectivity index (χ0) is 13.0. The van der Waals surface area contributed by atoms with E-state index in [1.54, 1.807) is 19.3 Å². The Morgan fingerprint density at radius 3 is 2.58 bits per heavy atom. The van der Waals surface area contributed by atoms with Gasteiger partial charge in [0.2, 0.25) is 0 Å². The minimum atomic E-state index is 0.886. The second kappa shape index (κ2) is 4.83. The van der Waals surface area contributed by atoms with Gasteiger partial charge < -0.3 is 0 Å². The number of hydrogen-bond acceptors (Lipinski definition) is 1. The first-order valence-corrected chi connectivity index (χ1v) is 9.62. The van der Waals surface area contributed by atoms with Crippen LogP contribution in [-0.4, -0.2) is 11.0 Å². The van der Waals surface area contributed by atoms with Gasteiger partial charge in [0.15, 0.2) is 0 Å². The fourth-order valence-electron chi connectivity index (χ4n) is 6.43. The van der Waals surface area contributed by atoms with E-state index in [1.807, 2.05) is 0 Å². The second-order valence-corrected chi connectivity index (χ2v) is 8.95. The summed E-state index contributed by atoms with van der Waals surface area (Å²) in [6.45, 7) is 6.42. The van der Waals surface area contributed by atoms with Crippen LogP contribution >= 0.6 is 11.8 Å². The van der Waals surface area contributed by atoms with Gasteiger partial charge in [0.25, 0.3) is 0 Å². The Morgan fingerprint density at radius 2 is 1.79 bits per heavy atom. The third kappa shape index (κ3) is 1.79. The molecule has 4 aliphatic rings. The molecule has 0 aromatic heterocycles. The topological polar surface area (TPSA) is 0 Å². The summed E-state index contributed by atoms with van der Waals surface area (Å²) in [4.78, 5) is 0. The molecule has 4 saturated carbocycles. The van der Waals surface area contributed by atoms with Gasteiger partial charge in [0.1, 0.15) is 0 Å². The third-order valence-electron chi connectivity index (χ3n) is 6.94. The van der Waals surface area contributed by atoms with Crippen LogP contribution in [0.4, 0.5) is 0 Å². The molecule has 4 fully saturated rings. The molecule has 8 atom stereocenters. The van der Waals surface area contributed by atoms with E-state index in [2.05, 4.69) is 31.3 Å². The Labute approximate surface area is 122 Å². The highest BCUT2D eigenvalue weighted by Crippen LogP contribution is 2.70. The van der Waals surface area contributed by atoms with E-state index in [1.165, 1.54) is 25.0 Å². The van der Waals surface area contributed by atoms with Crippen molar-refractivity contribution in [3.05, 3.63) is 12.7 Å². The molecule has 0 heterocycles. The first-order chi connectivity index (χ1) is 9.33. The predicted octanol–water partition coefficient (Wildman–Crippen LogP) is 5.00. The minimum Gasteiger partial charge on any atom is -0.158 e. The lowest BCUT2D eigenvalue weighted by molar-refractivity contribution is 0.125. The summed E-state index contributed by atoms with van der Waals surface area (Å²) >= 11 is 2.33. The molecule has 2 unspecified atom stereocenters. The predicted molar refractivity (Wildman–Crippen MR) is 84.2 cm³/mol. The van der Waals surface area contributed by atoms with E-state index in [0.717, 1.165) is 46.7 Å². The van der Waals surface area contributed by atoms with Crippen molar-refractivity contribution in [1.82, 2.24) is 0 Å². The maximum absolute atomic E-state index is 4.10. The van der Waals surface area contributed by atoms with Crippen molar-refractivity contribution >= 4 is 11.8 Å². The molecule has 19 heavy (non-hydrogen) atoms. The van der Waals surface area contributed by atoms with Gasteiger partial charge in [-0.15, -0.1) is 6.58 Å². The van der Waals surface area contributed by atoms with Crippen molar-refractivity contribution in [3.8, 4) is 0 Å². The Balaban J connectivity index is 1.45. The zero-order valence-electron chi connectivity index (χ0n) is 12.3. The fourth-order valence-corrected chi connectivity index (χ4v) is 8.11.